The Hall–Kier alpha value is -1.43. The predicted octanol–water partition coefficient (Wildman–Crippen LogP) is 1.21. The minimum Gasteiger partial charge on any atom is -0.347 e. The van der Waals surface area contributed by atoms with Crippen molar-refractivity contribution < 1.29 is 9.32 Å². The van der Waals surface area contributed by atoms with Gasteiger partial charge in [0.25, 0.3) is 0 Å². The van der Waals surface area contributed by atoms with Gasteiger partial charge in [-0.1, -0.05) is 24.9 Å². The highest BCUT2D eigenvalue weighted by atomic mass is 16.5. The monoisotopic (exact) mass is 252 g/mol. The largest absolute Gasteiger partial charge is 0.347 e. The minimum atomic E-state index is -0.435. The van der Waals surface area contributed by atoms with Gasteiger partial charge in [0.2, 0.25) is 11.8 Å². The van der Waals surface area contributed by atoms with Crippen molar-refractivity contribution in [3.05, 3.63) is 11.7 Å². The minimum absolute atomic E-state index is 0.000535. The van der Waals surface area contributed by atoms with Crippen molar-refractivity contribution >= 4 is 5.91 Å². The number of hydrogen-bond acceptors (Lipinski definition) is 5. The number of rotatable bonds is 5. The number of hydrogen-bond donors (Lipinski definition) is 2. The zero-order valence-electron chi connectivity index (χ0n) is 10.7. The van der Waals surface area contributed by atoms with E-state index in [1.165, 1.54) is 0 Å². The average Bonchev–Trinajstić information content (AvgIpc) is 2.96. The molecule has 1 aromatic heterocycles. The Morgan fingerprint density at radius 1 is 1.50 bits per heavy atom. The van der Waals surface area contributed by atoms with Crippen LogP contribution in [0.4, 0.5) is 0 Å². The summed E-state index contributed by atoms with van der Waals surface area (Å²) in [4.78, 5) is 15.6. The van der Waals surface area contributed by atoms with Crippen molar-refractivity contribution in [3.8, 4) is 0 Å². The molecule has 1 heterocycles. The first-order valence-corrected chi connectivity index (χ1v) is 6.53. The second kappa shape index (κ2) is 5.48. The van der Waals surface area contributed by atoms with Crippen molar-refractivity contribution in [2.24, 2.45) is 5.73 Å². The zero-order valence-corrected chi connectivity index (χ0v) is 10.7. The summed E-state index contributed by atoms with van der Waals surface area (Å²) in [5, 5.41) is 6.67. The van der Waals surface area contributed by atoms with Crippen LogP contribution in [0, 0.1) is 0 Å². The molecular weight excluding hydrogens is 232 g/mol. The van der Waals surface area contributed by atoms with Gasteiger partial charge in [0.05, 0.1) is 12.1 Å². The van der Waals surface area contributed by atoms with Gasteiger partial charge in [-0.3, -0.25) is 4.79 Å². The van der Waals surface area contributed by atoms with Crippen molar-refractivity contribution in [3.63, 3.8) is 0 Å². The number of amides is 1. The fraction of sp³-hybridized carbons (Fsp3) is 0.750. The summed E-state index contributed by atoms with van der Waals surface area (Å²) in [6.07, 6.45) is 5.35. The summed E-state index contributed by atoms with van der Waals surface area (Å²) >= 11 is 0. The van der Waals surface area contributed by atoms with Crippen molar-refractivity contribution in [1.82, 2.24) is 15.5 Å². The summed E-state index contributed by atoms with van der Waals surface area (Å²) in [5.74, 6) is 0.992. The van der Waals surface area contributed by atoms with E-state index in [0.717, 1.165) is 32.1 Å². The zero-order chi connectivity index (χ0) is 13.0. The SMILES string of the molecule is CCCC(=O)NCc1nc(C2(N)CCCC2)no1. The molecule has 0 aliphatic heterocycles. The molecule has 2 rings (SSSR count). The van der Waals surface area contributed by atoms with Crippen molar-refractivity contribution in [2.45, 2.75) is 57.5 Å². The summed E-state index contributed by atoms with van der Waals surface area (Å²) in [5.41, 5.74) is 5.79. The molecule has 18 heavy (non-hydrogen) atoms. The first-order chi connectivity index (χ1) is 8.64. The lowest BCUT2D eigenvalue weighted by atomic mass is 9.99. The Morgan fingerprint density at radius 2 is 2.22 bits per heavy atom. The first kappa shape index (κ1) is 13.0. The third-order valence-electron chi connectivity index (χ3n) is 3.32. The molecule has 0 atom stereocenters. The maximum Gasteiger partial charge on any atom is 0.246 e. The fourth-order valence-electron chi connectivity index (χ4n) is 2.25. The summed E-state index contributed by atoms with van der Waals surface area (Å²) < 4.78 is 5.11. The van der Waals surface area contributed by atoms with Crippen molar-refractivity contribution in [2.75, 3.05) is 0 Å². The molecule has 0 aromatic carbocycles. The van der Waals surface area contributed by atoms with E-state index in [2.05, 4.69) is 15.5 Å². The third-order valence-corrected chi connectivity index (χ3v) is 3.32. The van der Waals surface area contributed by atoms with Crippen LogP contribution in [0.5, 0.6) is 0 Å². The molecule has 0 bridgehead atoms. The molecule has 1 saturated carbocycles. The molecule has 6 heteroatoms. The standard InChI is InChI=1S/C12H20N4O2/c1-2-5-9(17)14-8-10-15-11(16-18-10)12(13)6-3-4-7-12/h2-8,13H2,1H3,(H,14,17). The van der Waals surface area contributed by atoms with Gasteiger partial charge in [-0.2, -0.15) is 4.98 Å². The highest BCUT2D eigenvalue weighted by molar-refractivity contribution is 5.75. The molecule has 1 fully saturated rings. The van der Waals surface area contributed by atoms with Crippen LogP contribution in [0.25, 0.3) is 0 Å². The molecule has 0 spiro atoms. The molecule has 100 valence electrons. The molecule has 1 aromatic rings. The summed E-state index contributed by atoms with van der Waals surface area (Å²) in [6, 6.07) is 0. The van der Waals surface area contributed by atoms with E-state index in [4.69, 9.17) is 10.3 Å². The summed E-state index contributed by atoms with van der Waals surface area (Å²) in [7, 11) is 0. The van der Waals surface area contributed by atoms with Crippen LogP contribution in [0.3, 0.4) is 0 Å². The van der Waals surface area contributed by atoms with E-state index >= 15 is 0 Å². The quantitative estimate of drug-likeness (QED) is 0.821. The topological polar surface area (TPSA) is 94.0 Å². The Balaban J connectivity index is 1.92. The molecule has 0 saturated heterocycles. The maximum atomic E-state index is 11.3. The highest BCUT2D eigenvalue weighted by Gasteiger charge is 2.35. The Kier molecular flexibility index (Phi) is 3.96. The average molecular weight is 252 g/mol. The molecular formula is C12H20N4O2. The molecule has 0 radical (unpaired) electrons. The van der Waals surface area contributed by atoms with E-state index in [9.17, 15) is 4.79 Å². The normalized spacial score (nSPS) is 17.9. The number of nitrogens with one attached hydrogen (secondary N) is 1. The van der Waals surface area contributed by atoms with Gasteiger partial charge < -0.3 is 15.6 Å². The molecule has 6 nitrogen and oxygen atoms in total. The number of carbonyl (C=O) groups excluding carboxylic acids is 1. The van der Waals surface area contributed by atoms with E-state index in [-0.39, 0.29) is 12.5 Å². The molecule has 1 aliphatic rings. The number of carbonyl (C=O) groups is 1. The second-order valence-electron chi connectivity index (χ2n) is 4.90. The van der Waals surface area contributed by atoms with E-state index in [1.54, 1.807) is 0 Å². The van der Waals surface area contributed by atoms with Gasteiger partial charge in [0.1, 0.15) is 0 Å². The number of nitrogens with zero attached hydrogens (tertiary/aromatic N) is 2. The maximum absolute atomic E-state index is 11.3. The van der Waals surface area contributed by atoms with Crippen LogP contribution >= 0.6 is 0 Å². The van der Waals surface area contributed by atoms with Crippen LogP contribution in [-0.4, -0.2) is 16.0 Å². The predicted molar refractivity (Wildman–Crippen MR) is 65.4 cm³/mol. The first-order valence-electron chi connectivity index (χ1n) is 6.53. The molecule has 1 amide bonds. The van der Waals surface area contributed by atoms with Gasteiger partial charge in [-0.05, 0) is 19.3 Å². The van der Waals surface area contributed by atoms with E-state index < -0.39 is 5.54 Å². The van der Waals surface area contributed by atoms with Gasteiger partial charge in [-0.25, -0.2) is 0 Å². The number of nitrogens with two attached hydrogens (primary N) is 1. The fourth-order valence-corrected chi connectivity index (χ4v) is 2.25. The van der Waals surface area contributed by atoms with Crippen LogP contribution in [0.2, 0.25) is 0 Å². The lowest BCUT2D eigenvalue weighted by molar-refractivity contribution is -0.121. The van der Waals surface area contributed by atoms with Crippen LogP contribution < -0.4 is 11.1 Å². The smallest absolute Gasteiger partial charge is 0.246 e. The van der Waals surface area contributed by atoms with Gasteiger partial charge in [0, 0.05) is 6.42 Å². The highest BCUT2D eigenvalue weighted by Crippen LogP contribution is 2.34. The van der Waals surface area contributed by atoms with Crippen LogP contribution in [-0.2, 0) is 16.9 Å². The third kappa shape index (κ3) is 2.87. The summed E-state index contributed by atoms with van der Waals surface area (Å²) in [6.45, 7) is 2.24. The van der Waals surface area contributed by atoms with E-state index in [1.807, 2.05) is 6.92 Å². The lowest BCUT2D eigenvalue weighted by Gasteiger charge is -2.17. The molecule has 3 N–H and O–H groups in total. The number of aromatic nitrogens is 2. The molecule has 1 aliphatic carbocycles. The Morgan fingerprint density at radius 3 is 2.89 bits per heavy atom. The second-order valence-corrected chi connectivity index (χ2v) is 4.90. The molecule has 0 unspecified atom stereocenters. The van der Waals surface area contributed by atoms with Crippen LogP contribution in [0.1, 0.15) is 57.2 Å². The van der Waals surface area contributed by atoms with Gasteiger partial charge in [0.15, 0.2) is 5.82 Å². The Labute approximate surface area is 106 Å². The van der Waals surface area contributed by atoms with Gasteiger partial charge in [-0.15, -0.1) is 0 Å². The van der Waals surface area contributed by atoms with Gasteiger partial charge >= 0.3 is 0 Å². The van der Waals surface area contributed by atoms with E-state index in [0.29, 0.717) is 18.1 Å². The Bertz CT molecular complexity index is 410. The van der Waals surface area contributed by atoms with Crippen LogP contribution in [0.15, 0.2) is 4.52 Å². The lowest BCUT2D eigenvalue weighted by Crippen LogP contribution is -2.34. The van der Waals surface area contributed by atoms with Crippen molar-refractivity contribution in [1.29, 1.82) is 0 Å².